The Bertz CT molecular complexity index is 1280. The molecule has 2 aromatic carbocycles. The summed E-state index contributed by atoms with van der Waals surface area (Å²) in [5.74, 6) is -0.486. The van der Waals surface area contributed by atoms with Crippen LogP contribution in [-0.2, 0) is 12.0 Å². The molecule has 1 fully saturated rings. The maximum absolute atomic E-state index is 13.8. The van der Waals surface area contributed by atoms with Crippen molar-refractivity contribution in [3.8, 4) is 5.75 Å². The minimum Gasteiger partial charge on any atom is -0.428 e. The monoisotopic (exact) mass is 578 g/mol. The first-order valence-electron chi connectivity index (χ1n) is 12.9. The summed E-state index contributed by atoms with van der Waals surface area (Å²) in [6.07, 6.45) is -4.46. The Balaban J connectivity index is 1.80. The number of ether oxygens (including phenoxy) is 1. The van der Waals surface area contributed by atoms with E-state index in [0.29, 0.717) is 16.3 Å². The third-order valence-electron chi connectivity index (χ3n) is 7.10. The molecule has 40 heavy (non-hydrogen) atoms. The van der Waals surface area contributed by atoms with E-state index in [9.17, 15) is 22.4 Å². The molecule has 0 spiro atoms. The molecular formula is C29H31ClF4N4O2. The normalized spacial score (nSPS) is 18.9. The highest BCUT2D eigenvalue weighted by molar-refractivity contribution is 6.30. The lowest BCUT2D eigenvalue weighted by atomic mass is 9.80. The lowest BCUT2D eigenvalue weighted by Crippen LogP contribution is -2.56. The van der Waals surface area contributed by atoms with Crippen LogP contribution in [0, 0.1) is 0 Å². The van der Waals surface area contributed by atoms with E-state index in [4.69, 9.17) is 11.6 Å². The number of alkyl halides is 4. The number of urea groups is 1. The molecule has 11 heteroatoms. The summed E-state index contributed by atoms with van der Waals surface area (Å²) >= 11 is 6.12. The Morgan fingerprint density at radius 3 is 2.50 bits per heavy atom. The molecular weight excluding hydrogens is 548 g/mol. The van der Waals surface area contributed by atoms with E-state index in [1.54, 1.807) is 18.2 Å². The first-order chi connectivity index (χ1) is 19.0. The van der Waals surface area contributed by atoms with Crippen LogP contribution in [0.5, 0.6) is 5.75 Å². The van der Waals surface area contributed by atoms with Gasteiger partial charge in [0.25, 0.3) is 0 Å². The molecule has 0 saturated heterocycles. The maximum Gasteiger partial charge on any atom is 0.461 e. The highest BCUT2D eigenvalue weighted by Gasteiger charge is 2.45. The molecule has 1 aliphatic rings. The average Bonchev–Trinajstić information content (AvgIpc) is 3.37. The molecule has 3 atom stereocenters. The number of carbonyl (C=O) groups excluding carboxylic acids is 1. The Morgan fingerprint density at radius 2 is 1.85 bits per heavy atom. The number of amides is 2. The van der Waals surface area contributed by atoms with E-state index in [-0.39, 0.29) is 18.5 Å². The highest BCUT2D eigenvalue weighted by Crippen LogP contribution is 2.36. The fraction of sp³-hybridized carbons (Fsp3) is 0.379. The van der Waals surface area contributed by atoms with Gasteiger partial charge in [0.15, 0.2) is 0 Å². The van der Waals surface area contributed by atoms with Crippen LogP contribution in [0.3, 0.4) is 0 Å². The fourth-order valence-electron chi connectivity index (χ4n) is 5.20. The quantitative estimate of drug-likeness (QED) is 0.280. The molecule has 2 amide bonds. The Labute approximate surface area is 235 Å². The minimum atomic E-state index is -4.70. The van der Waals surface area contributed by atoms with Crippen LogP contribution in [0.25, 0.3) is 0 Å². The van der Waals surface area contributed by atoms with Crippen molar-refractivity contribution in [1.82, 2.24) is 20.5 Å². The van der Waals surface area contributed by atoms with E-state index in [0.717, 1.165) is 30.9 Å². The molecule has 1 heterocycles. The van der Waals surface area contributed by atoms with Crippen LogP contribution in [0.1, 0.15) is 36.1 Å². The molecule has 6 nitrogen and oxygen atoms in total. The second-order valence-electron chi connectivity index (χ2n) is 10.1. The Hall–Kier alpha value is -3.37. The van der Waals surface area contributed by atoms with Gasteiger partial charge < -0.3 is 20.3 Å². The molecule has 0 aliphatic heterocycles. The molecule has 2 N–H and O–H groups in total. The van der Waals surface area contributed by atoms with Crippen molar-refractivity contribution in [3.63, 3.8) is 0 Å². The van der Waals surface area contributed by atoms with Crippen LogP contribution in [-0.4, -0.2) is 54.6 Å². The Morgan fingerprint density at radius 1 is 1.10 bits per heavy atom. The van der Waals surface area contributed by atoms with Gasteiger partial charge in [0.05, 0.1) is 10.7 Å². The number of carbonyl (C=O) groups is 1. The van der Waals surface area contributed by atoms with E-state index in [1.807, 2.05) is 44.4 Å². The summed E-state index contributed by atoms with van der Waals surface area (Å²) in [6, 6.07) is 17.4. The van der Waals surface area contributed by atoms with Crippen molar-refractivity contribution in [3.05, 3.63) is 94.8 Å². The van der Waals surface area contributed by atoms with Crippen molar-refractivity contribution in [1.29, 1.82) is 0 Å². The summed E-state index contributed by atoms with van der Waals surface area (Å²) < 4.78 is 57.9. The second kappa shape index (κ2) is 12.4. The maximum atomic E-state index is 13.8. The first-order valence-corrected chi connectivity index (χ1v) is 13.2. The van der Waals surface area contributed by atoms with E-state index < -0.39 is 29.9 Å². The number of hydrogen-bond donors (Lipinski definition) is 2. The zero-order valence-electron chi connectivity index (χ0n) is 22.1. The van der Waals surface area contributed by atoms with Crippen molar-refractivity contribution in [2.45, 2.75) is 55.8 Å². The summed E-state index contributed by atoms with van der Waals surface area (Å²) in [6.45, 7) is 0. The molecule has 214 valence electrons. The van der Waals surface area contributed by atoms with Gasteiger partial charge in [-0.15, -0.1) is 0 Å². The van der Waals surface area contributed by atoms with Gasteiger partial charge in [-0.25, -0.2) is 4.79 Å². The molecule has 0 unspecified atom stereocenters. The van der Waals surface area contributed by atoms with E-state index in [1.165, 1.54) is 18.3 Å². The molecule has 1 saturated carbocycles. The second-order valence-corrected chi connectivity index (χ2v) is 10.5. The van der Waals surface area contributed by atoms with Gasteiger partial charge in [-0.05, 0) is 68.8 Å². The number of hydrogen-bond acceptors (Lipinski definition) is 4. The number of rotatable bonds is 10. The molecule has 1 aliphatic carbocycles. The number of aromatic nitrogens is 1. The SMILES string of the molecule is CN(C)[C@@H]1CCC[C@H]1NC(=O)N[C@](Cc1ccccc1)(c1cccc(OC(F)(F)C(F)F)c1)c1ccc(Cl)cn1. The van der Waals surface area contributed by atoms with Crippen LogP contribution < -0.4 is 15.4 Å². The molecule has 0 bridgehead atoms. The summed E-state index contributed by atoms with van der Waals surface area (Å²) in [5.41, 5.74) is 0.0568. The smallest absolute Gasteiger partial charge is 0.428 e. The van der Waals surface area contributed by atoms with E-state index >= 15 is 0 Å². The fourth-order valence-corrected chi connectivity index (χ4v) is 5.31. The molecule has 4 rings (SSSR count). The summed E-state index contributed by atoms with van der Waals surface area (Å²) in [4.78, 5) is 20.2. The van der Waals surface area contributed by atoms with Crippen molar-refractivity contribution in [2.24, 2.45) is 0 Å². The van der Waals surface area contributed by atoms with Gasteiger partial charge in [0.1, 0.15) is 11.3 Å². The number of nitrogens with zero attached hydrogens (tertiary/aromatic N) is 2. The van der Waals surface area contributed by atoms with E-state index in [2.05, 4.69) is 25.3 Å². The minimum absolute atomic E-state index is 0.109. The van der Waals surface area contributed by atoms with Crippen LogP contribution >= 0.6 is 11.6 Å². The summed E-state index contributed by atoms with van der Waals surface area (Å²) in [7, 11) is 3.92. The molecule has 1 aromatic heterocycles. The standard InChI is InChI=1S/C29H31ClF4N4O2/c1-38(2)24-13-7-12-23(24)36-27(39)37-28(17-19-8-4-3-5-9-19,25-15-14-21(30)18-35-25)20-10-6-11-22(16-20)40-29(33,34)26(31)32/h3-6,8-11,14-16,18,23-24,26H,7,12-13,17H2,1-2H3,(H2,36,37,39)/t23-,24-,28-/m1/s1. The number of likely N-dealkylation sites (N-methyl/N-ethyl adjacent to an activating group) is 1. The van der Waals surface area contributed by atoms with Gasteiger partial charge in [0, 0.05) is 24.7 Å². The lowest BCUT2D eigenvalue weighted by Gasteiger charge is -2.37. The highest BCUT2D eigenvalue weighted by atomic mass is 35.5. The van der Waals surface area contributed by atoms with Crippen molar-refractivity contribution < 1.29 is 27.1 Å². The van der Waals surface area contributed by atoms with Gasteiger partial charge in [0.2, 0.25) is 0 Å². The number of benzene rings is 2. The van der Waals surface area contributed by atoms with Crippen molar-refractivity contribution >= 4 is 17.6 Å². The van der Waals surface area contributed by atoms with Crippen molar-refractivity contribution in [2.75, 3.05) is 14.1 Å². The largest absolute Gasteiger partial charge is 0.461 e. The average molecular weight is 579 g/mol. The predicted molar refractivity (Wildman–Crippen MR) is 145 cm³/mol. The van der Waals surface area contributed by atoms with Gasteiger partial charge in [-0.2, -0.15) is 17.6 Å². The van der Waals surface area contributed by atoms with Crippen LogP contribution in [0.2, 0.25) is 5.02 Å². The first kappa shape index (κ1) is 29.6. The molecule has 3 aromatic rings. The van der Waals surface area contributed by atoms with Gasteiger partial charge in [-0.1, -0.05) is 54.1 Å². The molecule has 0 radical (unpaired) electrons. The topological polar surface area (TPSA) is 66.5 Å². The van der Waals surface area contributed by atoms with Gasteiger partial charge >= 0.3 is 18.6 Å². The Kier molecular flexibility index (Phi) is 9.20. The zero-order valence-corrected chi connectivity index (χ0v) is 22.8. The van der Waals surface area contributed by atoms with Crippen LogP contribution in [0.4, 0.5) is 22.4 Å². The number of nitrogens with one attached hydrogen (secondary N) is 2. The summed E-state index contributed by atoms with van der Waals surface area (Å²) in [5, 5.41) is 6.50. The van der Waals surface area contributed by atoms with Crippen LogP contribution in [0.15, 0.2) is 72.9 Å². The third-order valence-corrected chi connectivity index (χ3v) is 7.32. The third kappa shape index (κ3) is 6.85. The number of halogens is 5. The zero-order chi connectivity index (χ0) is 28.9. The number of pyridine rings is 1. The predicted octanol–water partition coefficient (Wildman–Crippen LogP) is 6.24. The lowest BCUT2D eigenvalue weighted by molar-refractivity contribution is -0.253. The van der Waals surface area contributed by atoms with Gasteiger partial charge in [-0.3, -0.25) is 4.98 Å².